The van der Waals surface area contributed by atoms with Crippen LogP contribution in [0.15, 0.2) is 67.0 Å². The molecular weight excluding hydrogens is 314 g/mol. The first-order chi connectivity index (χ1) is 12.2. The maximum absolute atomic E-state index is 12.0. The van der Waals surface area contributed by atoms with Crippen molar-refractivity contribution in [1.82, 2.24) is 9.78 Å². The molecule has 0 unspecified atom stereocenters. The molecule has 6 heteroatoms. The van der Waals surface area contributed by atoms with E-state index in [4.69, 9.17) is 5.26 Å². The van der Waals surface area contributed by atoms with Gasteiger partial charge in [0.25, 0.3) is 0 Å². The lowest BCUT2D eigenvalue weighted by Crippen LogP contribution is -2.21. The van der Waals surface area contributed by atoms with Gasteiger partial charge in [0.2, 0.25) is 5.91 Å². The molecule has 0 spiro atoms. The number of benzene rings is 2. The summed E-state index contributed by atoms with van der Waals surface area (Å²) in [5, 5.41) is 18.8. The van der Waals surface area contributed by atoms with Gasteiger partial charge < -0.3 is 10.6 Å². The quantitative estimate of drug-likeness (QED) is 0.727. The summed E-state index contributed by atoms with van der Waals surface area (Å²) in [7, 11) is 0. The first-order valence-electron chi connectivity index (χ1n) is 7.83. The fraction of sp³-hybridized carbons (Fsp3) is 0.105. The monoisotopic (exact) mass is 331 g/mol. The van der Waals surface area contributed by atoms with E-state index in [9.17, 15) is 4.79 Å². The van der Waals surface area contributed by atoms with E-state index in [-0.39, 0.29) is 12.5 Å². The second-order valence-corrected chi connectivity index (χ2v) is 5.49. The van der Waals surface area contributed by atoms with E-state index in [1.807, 2.05) is 41.2 Å². The van der Waals surface area contributed by atoms with Crippen LogP contribution in [0.5, 0.6) is 0 Å². The molecule has 2 N–H and O–H groups in total. The third-order valence-electron chi connectivity index (χ3n) is 3.61. The van der Waals surface area contributed by atoms with E-state index in [0.717, 1.165) is 16.9 Å². The summed E-state index contributed by atoms with van der Waals surface area (Å²) in [6.07, 6.45) is 3.65. The Bertz CT molecular complexity index is 862. The number of aromatic nitrogens is 2. The maximum Gasteiger partial charge on any atom is 0.243 e. The lowest BCUT2D eigenvalue weighted by atomic mass is 10.2. The van der Waals surface area contributed by atoms with Crippen molar-refractivity contribution in [2.75, 3.05) is 17.2 Å². The molecule has 2 aromatic carbocycles. The highest BCUT2D eigenvalue weighted by Gasteiger charge is 2.03. The number of rotatable bonds is 6. The van der Waals surface area contributed by atoms with Crippen LogP contribution >= 0.6 is 0 Å². The van der Waals surface area contributed by atoms with Gasteiger partial charge in [0.1, 0.15) is 0 Å². The molecule has 0 fully saturated rings. The van der Waals surface area contributed by atoms with Gasteiger partial charge in [-0.25, -0.2) is 0 Å². The summed E-state index contributed by atoms with van der Waals surface area (Å²) in [5.74, 6) is -0.135. The molecule has 124 valence electrons. The van der Waals surface area contributed by atoms with Crippen molar-refractivity contribution in [2.45, 2.75) is 6.54 Å². The van der Waals surface area contributed by atoms with E-state index >= 15 is 0 Å². The van der Waals surface area contributed by atoms with Crippen molar-refractivity contribution in [1.29, 1.82) is 5.26 Å². The van der Waals surface area contributed by atoms with Crippen LogP contribution in [0, 0.1) is 11.3 Å². The molecule has 0 atom stereocenters. The predicted octanol–water partition coefficient (Wildman–Crippen LogP) is 2.85. The first kappa shape index (κ1) is 16.3. The van der Waals surface area contributed by atoms with Crippen LogP contribution in [0.3, 0.4) is 0 Å². The molecule has 0 aliphatic rings. The predicted molar refractivity (Wildman–Crippen MR) is 96.0 cm³/mol. The molecule has 0 saturated carbocycles. The fourth-order valence-corrected chi connectivity index (χ4v) is 2.32. The zero-order valence-electron chi connectivity index (χ0n) is 13.5. The lowest BCUT2D eigenvalue weighted by molar-refractivity contribution is -0.114. The molecule has 25 heavy (non-hydrogen) atoms. The molecule has 0 radical (unpaired) electrons. The second-order valence-electron chi connectivity index (χ2n) is 5.49. The van der Waals surface area contributed by atoms with Crippen LogP contribution < -0.4 is 10.6 Å². The van der Waals surface area contributed by atoms with Crippen molar-refractivity contribution in [3.63, 3.8) is 0 Å². The van der Waals surface area contributed by atoms with Gasteiger partial charge in [-0.3, -0.25) is 9.48 Å². The van der Waals surface area contributed by atoms with Crippen LogP contribution in [0.1, 0.15) is 11.1 Å². The van der Waals surface area contributed by atoms with E-state index in [1.165, 1.54) is 0 Å². The molecule has 0 aliphatic heterocycles. The number of hydrogen-bond acceptors (Lipinski definition) is 4. The molecule has 3 aromatic rings. The minimum Gasteiger partial charge on any atom is -0.376 e. The van der Waals surface area contributed by atoms with E-state index in [2.05, 4.69) is 21.8 Å². The number of nitrogens with one attached hydrogen (secondary N) is 2. The van der Waals surface area contributed by atoms with E-state index in [0.29, 0.717) is 12.1 Å². The lowest BCUT2D eigenvalue weighted by Gasteiger charge is -2.09. The van der Waals surface area contributed by atoms with Crippen molar-refractivity contribution < 1.29 is 4.79 Å². The second kappa shape index (κ2) is 7.79. The fourth-order valence-electron chi connectivity index (χ4n) is 2.32. The molecule has 0 saturated heterocycles. The Morgan fingerprint density at radius 2 is 1.80 bits per heavy atom. The van der Waals surface area contributed by atoms with Gasteiger partial charge in [0, 0.05) is 23.8 Å². The average Bonchev–Trinajstić information content (AvgIpc) is 3.15. The van der Waals surface area contributed by atoms with Crippen molar-refractivity contribution in [3.05, 3.63) is 78.1 Å². The van der Waals surface area contributed by atoms with Crippen LogP contribution in [0.25, 0.3) is 0 Å². The van der Waals surface area contributed by atoms with Gasteiger partial charge in [0.15, 0.2) is 0 Å². The minimum absolute atomic E-state index is 0.135. The summed E-state index contributed by atoms with van der Waals surface area (Å²) >= 11 is 0. The van der Waals surface area contributed by atoms with E-state index in [1.54, 1.807) is 30.5 Å². The average molecular weight is 331 g/mol. The molecule has 1 amide bonds. The Morgan fingerprint density at radius 1 is 1.08 bits per heavy atom. The van der Waals surface area contributed by atoms with Gasteiger partial charge >= 0.3 is 0 Å². The Balaban J connectivity index is 1.49. The number of amides is 1. The van der Waals surface area contributed by atoms with Crippen molar-refractivity contribution >= 4 is 17.3 Å². The summed E-state index contributed by atoms with van der Waals surface area (Å²) in [4.78, 5) is 12.0. The minimum atomic E-state index is -0.135. The SMILES string of the molecule is N#Cc1ccc(NCC(=O)Nc2ccc(Cn3cccn3)cc2)cc1. The zero-order chi connectivity index (χ0) is 17.5. The number of anilines is 2. The molecular formula is C19H17N5O. The summed E-state index contributed by atoms with van der Waals surface area (Å²) in [5.41, 5.74) is 3.24. The number of nitrogens with zero attached hydrogens (tertiary/aromatic N) is 3. The third kappa shape index (κ3) is 4.69. The van der Waals surface area contributed by atoms with Crippen LogP contribution in [-0.4, -0.2) is 22.2 Å². The summed E-state index contributed by atoms with van der Waals surface area (Å²) in [6, 6.07) is 18.6. The van der Waals surface area contributed by atoms with Crippen molar-refractivity contribution in [2.24, 2.45) is 0 Å². The summed E-state index contributed by atoms with van der Waals surface area (Å²) in [6.45, 7) is 0.850. The van der Waals surface area contributed by atoms with E-state index < -0.39 is 0 Å². The van der Waals surface area contributed by atoms with Gasteiger partial charge in [-0.15, -0.1) is 0 Å². The highest BCUT2D eigenvalue weighted by Crippen LogP contribution is 2.11. The normalized spacial score (nSPS) is 10.0. The zero-order valence-corrected chi connectivity index (χ0v) is 13.5. The number of hydrogen-bond donors (Lipinski definition) is 2. The Kier molecular flexibility index (Phi) is 5.07. The van der Waals surface area contributed by atoms with Crippen LogP contribution in [-0.2, 0) is 11.3 Å². The Labute approximate surface area is 145 Å². The molecule has 0 aliphatic carbocycles. The number of carbonyl (C=O) groups is 1. The molecule has 6 nitrogen and oxygen atoms in total. The maximum atomic E-state index is 12.0. The molecule has 1 aromatic heterocycles. The van der Waals surface area contributed by atoms with Crippen LogP contribution in [0.2, 0.25) is 0 Å². The molecule has 3 rings (SSSR count). The standard InChI is InChI=1S/C19H17N5O/c20-12-15-2-6-17(7-3-15)21-13-19(25)23-18-8-4-16(5-9-18)14-24-11-1-10-22-24/h1-11,21H,13-14H2,(H,23,25). The number of carbonyl (C=O) groups excluding carboxylic acids is 1. The van der Waals surface area contributed by atoms with Crippen molar-refractivity contribution in [3.8, 4) is 6.07 Å². The Hall–Kier alpha value is -3.59. The first-order valence-corrected chi connectivity index (χ1v) is 7.83. The van der Waals surface area contributed by atoms with Crippen LogP contribution in [0.4, 0.5) is 11.4 Å². The highest BCUT2D eigenvalue weighted by molar-refractivity contribution is 5.93. The molecule has 0 bridgehead atoms. The van der Waals surface area contributed by atoms with Gasteiger partial charge in [-0.1, -0.05) is 12.1 Å². The number of nitriles is 1. The molecule has 1 heterocycles. The summed E-state index contributed by atoms with van der Waals surface area (Å²) < 4.78 is 1.84. The smallest absolute Gasteiger partial charge is 0.243 e. The largest absolute Gasteiger partial charge is 0.376 e. The third-order valence-corrected chi connectivity index (χ3v) is 3.61. The van der Waals surface area contributed by atoms with Gasteiger partial charge in [0.05, 0.1) is 24.7 Å². The highest BCUT2D eigenvalue weighted by atomic mass is 16.1. The van der Waals surface area contributed by atoms with Gasteiger partial charge in [-0.2, -0.15) is 10.4 Å². The van der Waals surface area contributed by atoms with Gasteiger partial charge in [-0.05, 0) is 48.0 Å². The topological polar surface area (TPSA) is 82.7 Å². The Morgan fingerprint density at radius 3 is 2.44 bits per heavy atom.